The molecule has 2 amide bonds. The number of nitrogens with one attached hydrogen (secondary N) is 1. The van der Waals surface area contributed by atoms with Crippen molar-refractivity contribution in [3.63, 3.8) is 0 Å². The van der Waals surface area contributed by atoms with Gasteiger partial charge in [0.1, 0.15) is 16.9 Å². The fraction of sp³-hybridized carbons (Fsp3) is 0.344. The third-order valence-corrected chi connectivity index (χ3v) is 7.05. The Morgan fingerprint density at radius 2 is 1.73 bits per heavy atom. The summed E-state index contributed by atoms with van der Waals surface area (Å²) in [5, 5.41) is 3.58. The van der Waals surface area contributed by atoms with Crippen LogP contribution in [-0.4, -0.2) is 46.5 Å². The van der Waals surface area contributed by atoms with Gasteiger partial charge in [-0.05, 0) is 80.8 Å². The molecule has 9 heteroatoms. The number of likely N-dealkylation sites (tertiary alicyclic amines) is 1. The molecule has 1 N–H and O–H groups in total. The number of pyridine rings is 1. The Bertz CT molecular complexity index is 1580. The zero-order valence-corrected chi connectivity index (χ0v) is 23.6. The molecular formula is C32H33F2N3O4. The Hall–Kier alpha value is -4.27. The monoisotopic (exact) mass is 561 g/mol. The predicted molar refractivity (Wildman–Crippen MR) is 153 cm³/mol. The number of halogens is 2. The molecule has 1 saturated heterocycles. The van der Waals surface area contributed by atoms with E-state index in [1.807, 2.05) is 43.3 Å². The van der Waals surface area contributed by atoms with Crippen molar-refractivity contribution in [1.29, 1.82) is 0 Å². The van der Waals surface area contributed by atoms with Crippen molar-refractivity contribution >= 4 is 23.0 Å². The Morgan fingerprint density at radius 3 is 2.39 bits per heavy atom. The van der Waals surface area contributed by atoms with Crippen molar-refractivity contribution in [3.8, 4) is 22.3 Å². The number of aryl methyl sites for hydroxylation is 1. The minimum Gasteiger partial charge on any atom is -0.459 e. The minimum absolute atomic E-state index is 0.0453. The van der Waals surface area contributed by atoms with Gasteiger partial charge in [-0.25, -0.2) is 13.6 Å². The van der Waals surface area contributed by atoms with E-state index in [0.29, 0.717) is 16.9 Å². The number of benzene rings is 2. The number of ether oxygens (including phenoxy) is 1. The normalized spacial score (nSPS) is 15.1. The summed E-state index contributed by atoms with van der Waals surface area (Å²) in [6.45, 7) is 7.65. The van der Waals surface area contributed by atoms with Crippen LogP contribution in [0, 0.1) is 6.92 Å². The number of nitrogens with zero attached hydrogens (tertiary/aromatic N) is 2. The lowest BCUT2D eigenvalue weighted by Crippen LogP contribution is -2.42. The first-order valence-electron chi connectivity index (χ1n) is 13.6. The van der Waals surface area contributed by atoms with Crippen molar-refractivity contribution in [2.75, 3.05) is 13.1 Å². The molecule has 1 fully saturated rings. The molecular weight excluding hydrogens is 528 g/mol. The van der Waals surface area contributed by atoms with Gasteiger partial charge in [-0.3, -0.25) is 9.78 Å². The molecule has 1 aliphatic heterocycles. The fourth-order valence-corrected chi connectivity index (χ4v) is 4.90. The second-order valence-corrected chi connectivity index (χ2v) is 11.4. The molecule has 2 aromatic carbocycles. The maximum absolute atomic E-state index is 13.5. The van der Waals surface area contributed by atoms with E-state index in [1.165, 1.54) is 4.90 Å². The first-order chi connectivity index (χ1) is 19.4. The fourth-order valence-electron chi connectivity index (χ4n) is 4.90. The van der Waals surface area contributed by atoms with Gasteiger partial charge < -0.3 is 19.4 Å². The molecule has 0 radical (unpaired) electrons. The van der Waals surface area contributed by atoms with E-state index in [2.05, 4.69) is 10.3 Å². The molecule has 0 unspecified atom stereocenters. The number of fused-ring (bicyclic) bond motifs is 1. The highest BCUT2D eigenvalue weighted by Gasteiger charge is 2.35. The largest absolute Gasteiger partial charge is 0.459 e. The van der Waals surface area contributed by atoms with Gasteiger partial charge in [-0.2, -0.15) is 0 Å². The highest BCUT2D eigenvalue weighted by atomic mass is 19.3. The summed E-state index contributed by atoms with van der Waals surface area (Å²) >= 11 is 0. The molecule has 41 heavy (non-hydrogen) atoms. The van der Waals surface area contributed by atoms with Crippen LogP contribution in [0.5, 0.6) is 0 Å². The average Bonchev–Trinajstić information content (AvgIpc) is 3.34. The molecule has 0 spiro atoms. The van der Waals surface area contributed by atoms with Crippen LogP contribution in [0.4, 0.5) is 13.6 Å². The van der Waals surface area contributed by atoms with Crippen LogP contribution in [0.2, 0.25) is 0 Å². The van der Waals surface area contributed by atoms with Gasteiger partial charge in [0, 0.05) is 60.4 Å². The standard InChI is InChI=1S/C32H33F2N3O4/c1-20-9-12-35-19-27(20)26-17-23(15-24-16-25(40-28(24)26)18-36-30(39)41-31(2,3)4)21-5-7-22(8-6-21)29(38)37-13-10-32(33,34)11-14-37/h5-9,12,15-17,19H,10-11,13-14,18H2,1-4H3,(H,36,39). The first kappa shape index (κ1) is 28.3. The summed E-state index contributed by atoms with van der Waals surface area (Å²) in [4.78, 5) is 30.9. The second kappa shape index (κ2) is 11.0. The van der Waals surface area contributed by atoms with E-state index in [-0.39, 0.29) is 38.4 Å². The molecule has 2 aromatic heterocycles. The number of amides is 2. The number of carbonyl (C=O) groups is 2. The summed E-state index contributed by atoms with van der Waals surface area (Å²) in [6.07, 6.45) is 2.37. The lowest BCUT2D eigenvalue weighted by Gasteiger charge is -2.31. The maximum Gasteiger partial charge on any atom is 0.408 e. The number of hydrogen-bond donors (Lipinski definition) is 1. The van der Waals surface area contributed by atoms with E-state index >= 15 is 0 Å². The predicted octanol–water partition coefficient (Wildman–Crippen LogP) is 7.37. The van der Waals surface area contributed by atoms with E-state index in [9.17, 15) is 18.4 Å². The number of piperidine rings is 1. The van der Waals surface area contributed by atoms with Crippen molar-refractivity contribution < 1.29 is 27.5 Å². The average molecular weight is 562 g/mol. The number of hydrogen-bond acceptors (Lipinski definition) is 5. The Kier molecular flexibility index (Phi) is 7.55. The number of furan rings is 1. The molecule has 1 aliphatic rings. The van der Waals surface area contributed by atoms with Crippen LogP contribution < -0.4 is 5.32 Å². The van der Waals surface area contributed by atoms with Crippen molar-refractivity contribution in [3.05, 3.63) is 77.8 Å². The van der Waals surface area contributed by atoms with Crippen molar-refractivity contribution in [2.24, 2.45) is 0 Å². The lowest BCUT2D eigenvalue weighted by atomic mass is 9.95. The third-order valence-electron chi connectivity index (χ3n) is 7.05. The van der Waals surface area contributed by atoms with Gasteiger partial charge >= 0.3 is 6.09 Å². The molecule has 7 nitrogen and oxygen atoms in total. The summed E-state index contributed by atoms with van der Waals surface area (Å²) in [5.74, 6) is -2.38. The molecule has 0 bridgehead atoms. The Balaban J connectivity index is 1.45. The van der Waals surface area contributed by atoms with Crippen LogP contribution in [-0.2, 0) is 11.3 Å². The third kappa shape index (κ3) is 6.56. The van der Waals surface area contributed by atoms with Crippen LogP contribution in [0.15, 0.2) is 65.3 Å². The second-order valence-electron chi connectivity index (χ2n) is 11.4. The number of alkyl halides is 2. The van der Waals surface area contributed by atoms with Gasteiger partial charge in [0.05, 0.1) is 6.54 Å². The summed E-state index contributed by atoms with van der Waals surface area (Å²) in [7, 11) is 0. The maximum atomic E-state index is 13.5. The number of aromatic nitrogens is 1. The van der Waals surface area contributed by atoms with E-state index in [4.69, 9.17) is 9.15 Å². The molecule has 0 saturated carbocycles. The number of alkyl carbamates (subject to hydrolysis) is 1. The first-order valence-corrected chi connectivity index (χ1v) is 13.6. The van der Waals surface area contributed by atoms with Crippen LogP contribution in [0.25, 0.3) is 33.2 Å². The molecule has 214 valence electrons. The quantitative estimate of drug-likeness (QED) is 0.275. The van der Waals surface area contributed by atoms with E-state index in [1.54, 1.807) is 45.3 Å². The van der Waals surface area contributed by atoms with Gasteiger partial charge in [0.15, 0.2) is 0 Å². The van der Waals surface area contributed by atoms with E-state index in [0.717, 1.165) is 33.2 Å². The van der Waals surface area contributed by atoms with Crippen LogP contribution in [0.1, 0.15) is 55.3 Å². The SMILES string of the molecule is Cc1ccncc1-c1cc(-c2ccc(C(=O)N3CCC(F)(F)CC3)cc2)cc2cc(CNC(=O)OC(C)(C)C)oc12. The van der Waals surface area contributed by atoms with Gasteiger partial charge in [-0.1, -0.05) is 12.1 Å². The molecule has 4 aromatic rings. The molecule has 3 heterocycles. The van der Waals surface area contributed by atoms with E-state index < -0.39 is 17.6 Å². The minimum atomic E-state index is -2.71. The van der Waals surface area contributed by atoms with Gasteiger partial charge in [-0.15, -0.1) is 0 Å². The Labute approximate surface area is 237 Å². The van der Waals surface area contributed by atoms with Gasteiger partial charge in [0.25, 0.3) is 11.8 Å². The smallest absolute Gasteiger partial charge is 0.408 e. The highest BCUT2D eigenvalue weighted by molar-refractivity contribution is 5.98. The topological polar surface area (TPSA) is 84.7 Å². The van der Waals surface area contributed by atoms with Crippen molar-refractivity contribution in [2.45, 2.75) is 58.6 Å². The van der Waals surface area contributed by atoms with Crippen molar-refractivity contribution in [1.82, 2.24) is 15.2 Å². The number of carbonyl (C=O) groups excluding carboxylic acids is 2. The zero-order chi connectivity index (χ0) is 29.4. The summed E-state index contributed by atoms with van der Waals surface area (Å²) in [5.41, 5.74) is 5.08. The molecule has 5 rings (SSSR count). The van der Waals surface area contributed by atoms with Crippen LogP contribution in [0.3, 0.4) is 0 Å². The molecule has 0 aliphatic carbocycles. The number of rotatable bonds is 5. The summed E-state index contributed by atoms with van der Waals surface area (Å²) < 4.78 is 38.6. The zero-order valence-electron chi connectivity index (χ0n) is 23.6. The highest BCUT2D eigenvalue weighted by Crippen LogP contribution is 2.37. The van der Waals surface area contributed by atoms with Gasteiger partial charge in [0.2, 0.25) is 0 Å². The van der Waals surface area contributed by atoms with Crippen LogP contribution >= 0.6 is 0 Å². The lowest BCUT2D eigenvalue weighted by molar-refractivity contribution is -0.0494. The Morgan fingerprint density at radius 1 is 1.02 bits per heavy atom. The summed E-state index contributed by atoms with van der Waals surface area (Å²) in [6, 6.07) is 15.0. The molecule has 0 atom stereocenters.